The minimum absolute atomic E-state index is 0.111. The predicted octanol–water partition coefficient (Wildman–Crippen LogP) is 3.34. The molecule has 1 fully saturated rings. The zero-order valence-electron chi connectivity index (χ0n) is 16.2. The molecule has 0 saturated carbocycles. The number of aromatic nitrogens is 4. The van der Waals surface area contributed by atoms with E-state index < -0.39 is 24.4 Å². The van der Waals surface area contributed by atoms with Crippen molar-refractivity contribution in [3.63, 3.8) is 0 Å². The van der Waals surface area contributed by atoms with Gasteiger partial charge in [0.05, 0.1) is 30.2 Å². The van der Waals surface area contributed by atoms with E-state index in [1.54, 1.807) is 48.5 Å². The molecule has 8 nitrogen and oxygen atoms in total. The molecule has 2 aromatic carbocycles. The standard InChI is InChI=1S/C21H17F2N5O3/c22-21(23)9-12-27(13-18(21)31-20-26-15-6-2-4-8-17(15)30-20)19(29)14-5-1-3-7-16(14)28-24-10-11-25-28/h1-8,10-11,18H,9,12-13H2. The Hall–Kier alpha value is -3.82. The molecule has 0 bridgehead atoms. The summed E-state index contributed by atoms with van der Waals surface area (Å²) in [4.78, 5) is 19.9. The topological polar surface area (TPSA) is 86.3 Å². The Morgan fingerprint density at radius 2 is 1.84 bits per heavy atom. The number of carbonyl (C=O) groups is 1. The van der Waals surface area contributed by atoms with Gasteiger partial charge in [-0.2, -0.15) is 20.0 Å². The molecule has 0 spiro atoms. The van der Waals surface area contributed by atoms with E-state index in [4.69, 9.17) is 9.15 Å². The molecular formula is C21H17F2N5O3. The molecule has 1 saturated heterocycles. The van der Waals surface area contributed by atoms with Crippen molar-refractivity contribution in [3.8, 4) is 11.8 Å². The van der Waals surface area contributed by atoms with Crippen LogP contribution in [0.2, 0.25) is 0 Å². The van der Waals surface area contributed by atoms with Gasteiger partial charge in [-0.25, -0.2) is 8.78 Å². The second-order valence-electron chi connectivity index (χ2n) is 7.15. The van der Waals surface area contributed by atoms with Crippen molar-refractivity contribution in [1.29, 1.82) is 0 Å². The summed E-state index contributed by atoms with van der Waals surface area (Å²) in [5.74, 6) is -3.55. The number of hydrogen-bond donors (Lipinski definition) is 0. The SMILES string of the molecule is O=C(c1ccccc1-n1nccn1)N1CCC(F)(F)C(Oc2nc3ccccc3o2)C1. The Morgan fingerprint density at radius 1 is 1.10 bits per heavy atom. The van der Waals surface area contributed by atoms with Crippen LogP contribution in [0.15, 0.2) is 65.3 Å². The van der Waals surface area contributed by atoms with Gasteiger partial charge in [-0.3, -0.25) is 4.79 Å². The van der Waals surface area contributed by atoms with Gasteiger partial charge in [0, 0.05) is 13.0 Å². The van der Waals surface area contributed by atoms with E-state index in [2.05, 4.69) is 15.2 Å². The summed E-state index contributed by atoms with van der Waals surface area (Å²) < 4.78 is 40.0. The first kappa shape index (κ1) is 19.2. The van der Waals surface area contributed by atoms with Crippen molar-refractivity contribution in [3.05, 3.63) is 66.5 Å². The fourth-order valence-electron chi connectivity index (χ4n) is 3.54. The van der Waals surface area contributed by atoms with E-state index in [1.807, 2.05) is 0 Å². The maximum absolute atomic E-state index is 14.6. The van der Waals surface area contributed by atoms with Crippen LogP contribution in [0.25, 0.3) is 16.8 Å². The zero-order valence-corrected chi connectivity index (χ0v) is 16.2. The van der Waals surface area contributed by atoms with Gasteiger partial charge < -0.3 is 14.1 Å². The van der Waals surface area contributed by atoms with Gasteiger partial charge in [0.25, 0.3) is 11.8 Å². The molecule has 3 heterocycles. The lowest BCUT2D eigenvalue weighted by Gasteiger charge is -2.37. The van der Waals surface area contributed by atoms with Crippen LogP contribution in [-0.2, 0) is 0 Å². The number of carbonyl (C=O) groups excluding carboxylic acids is 1. The number of benzene rings is 2. The third kappa shape index (κ3) is 3.60. The Bertz CT molecular complexity index is 1190. The Labute approximate surface area is 175 Å². The maximum atomic E-state index is 14.6. The Kier molecular flexibility index (Phi) is 4.61. The van der Waals surface area contributed by atoms with Crippen molar-refractivity contribution in [2.45, 2.75) is 18.4 Å². The molecule has 0 aliphatic carbocycles. The number of amides is 1. The number of fused-ring (bicyclic) bond motifs is 1. The molecule has 1 atom stereocenters. The van der Waals surface area contributed by atoms with Gasteiger partial charge >= 0.3 is 6.08 Å². The highest BCUT2D eigenvalue weighted by Gasteiger charge is 2.48. The van der Waals surface area contributed by atoms with Crippen molar-refractivity contribution < 1.29 is 22.7 Å². The number of rotatable bonds is 4. The van der Waals surface area contributed by atoms with Gasteiger partial charge in [-0.05, 0) is 24.3 Å². The summed E-state index contributed by atoms with van der Waals surface area (Å²) in [5.41, 5.74) is 1.71. The number of para-hydroxylation sites is 3. The summed E-state index contributed by atoms with van der Waals surface area (Å²) in [7, 11) is 0. The van der Waals surface area contributed by atoms with Crippen LogP contribution in [-0.4, -0.2) is 55.9 Å². The van der Waals surface area contributed by atoms with Crippen LogP contribution in [0.3, 0.4) is 0 Å². The van der Waals surface area contributed by atoms with Crippen molar-refractivity contribution in [1.82, 2.24) is 24.9 Å². The lowest BCUT2D eigenvalue weighted by Crippen LogP contribution is -2.55. The molecule has 10 heteroatoms. The lowest BCUT2D eigenvalue weighted by atomic mass is 10.0. The number of oxazole rings is 1. The molecule has 2 aromatic heterocycles. The molecule has 1 amide bonds. The minimum atomic E-state index is -3.14. The van der Waals surface area contributed by atoms with E-state index >= 15 is 0 Å². The van der Waals surface area contributed by atoms with Crippen molar-refractivity contribution >= 4 is 17.0 Å². The highest BCUT2D eigenvalue weighted by atomic mass is 19.3. The fraction of sp³-hybridized carbons (Fsp3) is 0.238. The second kappa shape index (κ2) is 7.46. The molecule has 158 valence electrons. The van der Waals surface area contributed by atoms with Crippen LogP contribution < -0.4 is 4.74 Å². The molecule has 1 aliphatic heterocycles. The third-order valence-electron chi connectivity index (χ3n) is 5.15. The van der Waals surface area contributed by atoms with Crippen LogP contribution in [0.5, 0.6) is 6.08 Å². The van der Waals surface area contributed by atoms with E-state index in [-0.39, 0.29) is 19.2 Å². The number of likely N-dealkylation sites (tertiary alicyclic amines) is 1. The van der Waals surface area contributed by atoms with Gasteiger partial charge in [0.15, 0.2) is 11.7 Å². The number of alkyl halides is 2. The zero-order chi connectivity index (χ0) is 21.4. The summed E-state index contributed by atoms with van der Waals surface area (Å²) in [5, 5.41) is 8.12. The normalized spacial score (nSPS) is 18.3. The quantitative estimate of drug-likeness (QED) is 0.499. The number of nitrogens with zero attached hydrogens (tertiary/aromatic N) is 5. The summed E-state index contributed by atoms with van der Waals surface area (Å²) in [6.45, 7) is -0.425. The van der Waals surface area contributed by atoms with Gasteiger partial charge in [-0.1, -0.05) is 24.3 Å². The molecule has 1 aliphatic rings. The monoisotopic (exact) mass is 425 g/mol. The van der Waals surface area contributed by atoms with Crippen molar-refractivity contribution in [2.75, 3.05) is 13.1 Å². The van der Waals surface area contributed by atoms with Gasteiger partial charge in [0.2, 0.25) is 0 Å². The smallest absolute Gasteiger partial charge is 0.395 e. The van der Waals surface area contributed by atoms with Crippen LogP contribution in [0.1, 0.15) is 16.8 Å². The first-order valence-corrected chi connectivity index (χ1v) is 9.66. The molecule has 0 radical (unpaired) electrons. The predicted molar refractivity (Wildman–Crippen MR) is 105 cm³/mol. The van der Waals surface area contributed by atoms with Gasteiger partial charge in [-0.15, -0.1) is 0 Å². The molecule has 4 aromatic rings. The largest absolute Gasteiger partial charge is 0.439 e. The van der Waals surface area contributed by atoms with E-state index in [0.717, 1.165) is 0 Å². The summed E-state index contributed by atoms with van der Waals surface area (Å²) in [6.07, 6.45) is 0.612. The first-order chi connectivity index (χ1) is 15.0. The second-order valence-corrected chi connectivity index (χ2v) is 7.15. The fourth-order valence-corrected chi connectivity index (χ4v) is 3.54. The van der Waals surface area contributed by atoms with E-state index in [9.17, 15) is 13.6 Å². The Balaban J connectivity index is 1.40. The molecular weight excluding hydrogens is 408 g/mol. The number of halogens is 2. The van der Waals surface area contributed by atoms with E-state index in [1.165, 1.54) is 22.1 Å². The summed E-state index contributed by atoms with van der Waals surface area (Å²) >= 11 is 0. The van der Waals surface area contributed by atoms with Crippen LogP contribution >= 0.6 is 0 Å². The van der Waals surface area contributed by atoms with Crippen LogP contribution in [0, 0.1) is 0 Å². The average molecular weight is 425 g/mol. The van der Waals surface area contributed by atoms with E-state index in [0.29, 0.717) is 22.4 Å². The summed E-state index contributed by atoms with van der Waals surface area (Å²) in [6, 6.07) is 13.6. The Morgan fingerprint density at radius 3 is 2.65 bits per heavy atom. The molecule has 5 rings (SSSR count). The average Bonchev–Trinajstić information content (AvgIpc) is 3.44. The minimum Gasteiger partial charge on any atom is -0.439 e. The number of hydrogen-bond acceptors (Lipinski definition) is 6. The first-order valence-electron chi connectivity index (χ1n) is 9.66. The van der Waals surface area contributed by atoms with Crippen molar-refractivity contribution in [2.24, 2.45) is 0 Å². The third-order valence-corrected chi connectivity index (χ3v) is 5.15. The molecule has 0 N–H and O–H groups in total. The highest BCUT2D eigenvalue weighted by Crippen LogP contribution is 2.33. The molecule has 1 unspecified atom stereocenters. The molecule has 31 heavy (non-hydrogen) atoms. The number of ether oxygens (including phenoxy) is 1. The maximum Gasteiger partial charge on any atom is 0.395 e. The lowest BCUT2D eigenvalue weighted by molar-refractivity contribution is -0.136. The van der Waals surface area contributed by atoms with Gasteiger partial charge in [0.1, 0.15) is 5.52 Å². The number of piperidine rings is 1. The van der Waals surface area contributed by atoms with Crippen LogP contribution in [0.4, 0.5) is 8.78 Å². The highest BCUT2D eigenvalue weighted by molar-refractivity contribution is 5.97.